The van der Waals surface area contributed by atoms with Crippen molar-refractivity contribution in [2.75, 3.05) is 25.0 Å². The number of amides is 2. The number of hydrogen-bond donors (Lipinski definition) is 2. The quantitative estimate of drug-likeness (QED) is 0.490. The average Bonchev–Trinajstić information content (AvgIpc) is 3.33. The predicted molar refractivity (Wildman–Crippen MR) is 128 cm³/mol. The molecule has 0 aliphatic carbocycles. The number of nitrogens with zero attached hydrogens (tertiary/aromatic N) is 1. The average molecular weight is 436 g/mol. The lowest BCUT2D eigenvalue weighted by molar-refractivity contribution is 0.0934. The summed E-state index contributed by atoms with van der Waals surface area (Å²) in [6.45, 7) is 8.52. The second-order valence-electron chi connectivity index (χ2n) is 7.35. The molecule has 3 aromatic rings. The summed E-state index contributed by atoms with van der Waals surface area (Å²) in [4.78, 5) is 27.8. The minimum Gasteiger partial charge on any atom is -0.350 e. The fourth-order valence-corrected chi connectivity index (χ4v) is 4.27. The van der Waals surface area contributed by atoms with Gasteiger partial charge in [0, 0.05) is 23.4 Å². The zero-order chi connectivity index (χ0) is 22.2. The Morgan fingerprint density at radius 3 is 2.35 bits per heavy atom. The lowest BCUT2D eigenvalue weighted by Crippen LogP contribution is -2.38. The Balaban J connectivity index is 1.71. The maximum absolute atomic E-state index is 12.9. The van der Waals surface area contributed by atoms with Gasteiger partial charge in [-0.05, 0) is 72.2 Å². The van der Waals surface area contributed by atoms with Crippen LogP contribution in [0.15, 0.2) is 65.4 Å². The van der Waals surface area contributed by atoms with Crippen molar-refractivity contribution in [3.05, 3.63) is 87.6 Å². The van der Waals surface area contributed by atoms with E-state index in [-0.39, 0.29) is 17.9 Å². The Morgan fingerprint density at radius 2 is 1.71 bits per heavy atom. The van der Waals surface area contributed by atoms with E-state index in [9.17, 15) is 9.59 Å². The van der Waals surface area contributed by atoms with Crippen LogP contribution >= 0.6 is 11.3 Å². The number of rotatable bonds is 9. The highest BCUT2D eigenvalue weighted by Crippen LogP contribution is 2.23. The van der Waals surface area contributed by atoms with Crippen molar-refractivity contribution in [1.82, 2.24) is 10.2 Å². The van der Waals surface area contributed by atoms with Crippen LogP contribution in [-0.2, 0) is 0 Å². The molecule has 0 aliphatic rings. The molecule has 2 amide bonds. The van der Waals surface area contributed by atoms with Crippen molar-refractivity contribution in [3.8, 4) is 0 Å². The first-order valence-corrected chi connectivity index (χ1v) is 11.5. The number of benzene rings is 2. The zero-order valence-corrected chi connectivity index (χ0v) is 19.0. The molecule has 0 spiro atoms. The maximum Gasteiger partial charge on any atom is 0.255 e. The van der Waals surface area contributed by atoms with Gasteiger partial charge in [0.05, 0.1) is 6.04 Å². The van der Waals surface area contributed by atoms with Gasteiger partial charge in [-0.25, -0.2) is 0 Å². The molecule has 162 valence electrons. The van der Waals surface area contributed by atoms with Crippen molar-refractivity contribution < 1.29 is 9.59 Å². The lowest BCUT2D eigenvalue weighted by Gasteiger charge is -2.29. The molecular weight excluding hydrogens is 406 g/mol. The smallest absolute Gasteiger partial charge is 0.255 e. The summed E-state index contributed by atoms with van der Waals surface area (Å²) in [6.07, 6.45) is 0. The standard InChI is InChI=1S/C25H29N3O2S/c1-4-28(5-2)23(21-13-14-31-17-21)16-26-24(29)20-12-11-18(3)22(15-20)27-25(30)19-9-7-6-8-10-19/h6-15,17,23H,4-5,16H2,1-3H3,(H,26,29)(H,27,30). The van der Waals surface area contributed by atoms with Gasteiger partial charge in [0.1, 0.15) is 0 Å². The van der Waals surface area contributed by atoms with Crippen LogP contribution in [-0.4, -0.2) is 36.3 Å². The van der Waals surface area contributed by atoms with Gasteiger partial charge in [-0.2, -0.15) is 11.3 Å². The van der Waals surface area contributed by atoms with Gasteiger partial charge < -0.3 is 10.6 Å². The van der Waals surface area contributed by atoms with Gasteiger partial charge in [0.25, 0.3) is 11.8 Å². The molecule has 31 heavy (non-hydrogen) atoms. The molecule has 6 heteroatoms. The molecular formula is C25H29N3O2S. The third kappa shape index (κ3) is 5.81. The van der Waals surface area contributed by atoms with Gasteiger partial charge >= 0.3 is 0 Å². The second-order valence-corrected chi connectivity index (χ2v) is 8.13. The first-order valence-electron chi connectivity index (χ1n) is 10.5. The number of anilines is 1. The molecule has 2 aromatic carbocycles. The monoisotopic (exact) mass is 435 g/mol. The summed E-state index contributed by atoms with van der Waals surface area (Å²) in [5.74, 6) is -0.345. The minimum atomic E-state index is -0.194. The van der Waals surface area contributed by atoms with E-state index >= 15 is 0 Å². The second kappa shape index (κ2) is 10.9. The fourth-order valence-electron chi connectivity index (χ4n) is 3.56. The van der Waals surface area contributed by atoms with E-state index in [0.717, 1.165) is 18.7 Å². The molecule has 0 saturated heterocycles. The Bertz CT molecular complexity index is 999. The van der Waals surface area contributed by atoms with Crippen LogP contribution in [0.5, 0.6) is 0 Å². The number of aryl methyl sites for hydroxylation is 1. The summed E-state index contributed by atoms with van der Waals surface area (Å²) < 4.78 is 0. The van der Waals surface area contributed by atoms with Crippen LogP contribution in [0.2, 0.25) is 0 Å². The molecule has 1 aromatic heterocycles. The van der Waals surface area contributed by atoms with Crippen LogP contribution in [0.4, 0.5) is 5.69 Å². The number of nitrogens with one attached hydrogen (secondary N) is 2. The van der Waals surface area contributed by atoms with Crippen molar-refractivity contribution in [2.24, 2.45) is 0 Å². The lowest BCUT2D eigenvalue weighted by atomic mass is 10.1. The van der Waals surface area contributed by atoms with E-state index in [1.54, 1.807) is 35.6 Å². The maximum atomic E-state index is 12.9. The molecule has 1 atom stereocenters. The normalized spacial score (nSPS) is 11.9. The van der Waals surface area contributed by atoms with Gasteiger partial charge in [-0.1, -0.05) is 38.1 Å². The highest BCUT2D eigenvalue weighted by atomic mass is 32.1. The van der Waals surface area contributed by atoms with E-state index in [2.05, 4.69) is 46.2 Å². The van der Waals surface area contributed by atoms with Gasteiger partial charge in [0.15, 0.2) is 0 Å². The first kappa shape index (κ1) is 22.7. The molecule has 1 heterocycles. The van der Waals surface area contributed by atoms with Crippen LogP contribution in [0, 0.1) is 6.92 Å². The molecule has 3 rings (SSSR count). The van der Waals surface area contributed by atoms with E-state index in [1.165, 1.54) is 5.56 Å². The molecule has 0 bridgehead atoms. The Kier molecular flexibility index (Phi) is 7.98. The number of carbonyl (C=O) groups is 2. The summed E-state index contributed by atoms with van der Waals surface area (Å²) in [7, 11) is 0. The SMILES string of the molecule is CCN(CC)C(CNC(=O)c1ccc(C)c(NC(=O)c2ccccc2)c1)c1ccsc1. The minimum absolute atomic E-state index is 0.132. The topological polar surface area (TPSA) is 61.4 Å². The van der Waals surface area contributed by atoms with Gasteiger partial charge in [0.2, 0.25) is 0 Å². The Morgan fingerprint density at radius 1 is 0.968 bits per heavy atom. The van der Waals surface area contributed by atoms with E-state index in [1.807, 2.05) is 31.2 Å². The molecule has 2 N–H and O–H groups in total. The summed E-state index contributed by atoms with van der Waals surface area (Å²) in [5, 5.41) is 10.2. The predicted octanol–water partition coefficient (Wildman–Crippen LogP) is 5.12. The summed E-state index contributed by atoms with van der Waals surface area (Å²) in [6, 6.07) is 16.7. The van der Waals surface area contributed by atoms with Gasteiger partial charge in [-0.3, -0.25) is 14.5 Å². The third-order valence-corrected chi connectivity index (χ3v) is 6.12. The molecule has 0 aliphatic heterocycles. The summed E-state index contributed by atoms with van der Waals surface area (Å²) >= 11 is 1.66. The first-order chi connectivity index (χ1) is 15.0. The van der Waals surface area contributed by atoms with Crippen molar-refractivity contribution >= 4 is 28.8 Å². The molecule has 1 unspecified atom stereocenters. The number of thiophene rings is 1. The number of hydrogen-bond acceptors (Lipinski definition) is 4. The highest BCUT2D eigenvalue weighted by Gasteiger charge is 2.20. The molecule has 0 fully saturated rings. The zero-order valence-electron chi connectivity index (χ0n) is 18.2. The Hall–Kier alpha value is -2.96. The number of likely N-dealkylation sites (N-methyl/N-ethyl adjacent to an activating group) is 1. The molecule has 0 radical (unpaired) electrons. The number of carbonyl (C=O) groups excluding carboxylic acids is 2. The van der Waals surface area contributed by atoms with Crippen LogP contribution in [0.1, 0.15) is 51.7 Å². The largest absolute Gasteiger partial charge is 0.350 e. The van der Waals surface area contributed by atoms with E-state index in [4.69, 9.17) is 0 Å². The Labute approximate surface area is 188 Å². The van der Waals surface area contributed by atoms with Crippen LogP contribution in [0.25, 0.3) is 0 Å². The van der Waals surface area contributed by atoms with Crippen LogP contribution in [0.3, 0.4) is 0 Å². The molecule has 5 nitrogen and oxygen atoms in total. The summed E-state index contributed by atoms with van der Waals surface area (Å²) in [5.41, 5.74) is 3.86. The fraction of sp³-hybridized carbons (Fsp3) is 0.280. The van der Waals surface area contributed by atoms with Gasteiger partial charge in [-0.15, -0.1) is 0 Å². The van der Waals surface area contributed by atoms with Crippen LogP contribution < -0.4 is 10.6 Å². The third-order valence-electron chi connectivity index (χ3n) is 5.42. The molecule has 0 saturated carbocycles. The van der Waals surface area contributed by atoms with Crippen molar-refractivity contribution in [1.29, 1.82) is 0 Å². The highest BCUT2D eigenvalue weighted by molar-refractivity contribution is 7.08. The van der Waals surface area contributed by atoms with Crippen molar-refractivity contribution in [3.63, 3.8) is 0 Å². The van der Waals surface area contributed by atoms with E-state index < -0.39 is 0 Å². The van der Waals surface area contributed by atoms with E-state index in [0.29, 0.717) is 23.4 Å². The van der Waals surface area contributed by atoms with Crippen molar-refractivity contribution in [2.45, 2.75) is 26.8 Å².